The van der Waals surface area contributed by atoms with Crippen molar-refractivity contribution < 1.29 is 4.74 Å². The molecular weight excluding hydrogens is 150 g/mol. The summed E-state index contributed by atoms with van der Waals surface area (Å²) in [6, 6.07) is 0.662. The lowest BCUT2D eigenvalue weighted by atomic mass is 9.95. The van der Waals surface area contributed by atoms with Gasteiger partial charge in [0.05, 0.1) is 6.10 Å². The van der Waals surface area contributed by atoms with Gasteiger partial charge in [-0.1, -0.05) is 6.92 Å². The molecule has 72 valence electrons. The normalized spacial score (nSPS) is 32.8. The number of methoxy groups -OCH3 is 1. The van der Waals surface area contributed by atoms with Gasteiger partial charge >= 0.3 is 0 Å². The van der Waals surface area contributed by atoms with Crippen molar-refractivity contribution >= 4 is 0 Å². The zero-order chi connectivity index (χ0) is 9.14. The number of nitrogens with zero attached hydrogens (tertiary/aromatic N) is 1. The van der Waals surface area contributed by atoms with Crippen molar-refractivity contribution in [2.45, 2.75) is 39.3 Å². The van der Waals surface area contributed by atoms with Crippen molar-refractivity contribution in [1.29, 1.82) is 0 Å². The highest BCUT2D eigenvalue weighted by Crippen LogP contribution is 2.20. The first kappa shape index (κ1) is 10.0. The smallest absolute Gasteiger partial charge is 0.0724 e. The zero-order valence-electron chi connectivity index (χ0n) is 8.71. The molecule has 2 heteroatoms. The van der Waals surface area contributed by atoms with Crippen molar-refractivity contribution in [2.75, 3.05) is 20.2 Å². The fraction of sp³-hybridized carbons (Fsp3) is 1.00. The van der Waals surface area contributed by atoms with E-state index in [1.165, 1.54) is 13.0 Å². The number of rotatable bonds is 2. The summed E-state index contributed by atoms with van der Waals surface area (Å²) in [7, 11) is 1.82. The van der Waals surface area contributed by atoms with Gasteiger partial charge < -0.3 is 4.74 Å². The molecule has 0 saturated carbocycles. The molecule has 0 aromatic rings. The van der Waals surface area contributed by atoms with Crippen LogP contribution < -0.4 is 0 Å². The van der Waals surface area contributed by atoms with Crippen LogP contribution in [0.25, 0.3) is 0 Å². The Morgan fingerprint density at radius 1 is 1.42 bits per heavy atom. The van der Waals surface area contributed by atoms with Crippen LogP contribution in [0, 0.1) is 5.92 Å². The van der Waals surface area contributed by atoms with Crippen molar-refractivity contribution in [1.82, 2.24) is 4.90 Å². The Kier molecular flexibility index (Phi) is 3.53. The highest BCUT2D eigenvalue weighted by atomic mass is 16.5. The topological polar surface area (TPSA) is 12.5 Å². The van der Waals surface area contributed by atoms with Gasteiger partial charge in [0.1, 0.15) is 0 Å². The summed E-state index contributed by atoms with van der Waals surface area (Å²) in [6.45, 7) is 9.13. The summed E-state index contributed by atoms with van der Waals surface area (Å²) >= 11 is 0. The maximum atomic E-state index is 5.44. The molecule has 12 heavy (non-hydrogen) atoms. The SMILES string of the molecule is COC1CN(C(C)C)CCC1C. The van der Waals surface area contributed by atoms with Gasteiger partial charge in [0.2, 0.25) is 0 Å². The molecule has 0 radical (unpaired) electrons. The number of ether oxygens (including phenoxy) is 1. The van der Waals surface area contributed by atoms with Crippen LogP contribution in [0.4, 0.5) is 0 Å². The monoisotopic (exact) mass is 171 g/mol. The first-order valence-electron chi connectivity index (χ1n) is 4.92. The Bertz CT molecular complexity index is 136. The number of likely N-dealkylation sites (tertiary alicyclic amines) is 1. The van der Waals surface area contributed by atoms with E-state index in [0.29, 0.717) is 12.1 Å². The number of piperidine rings is 1. The molecule has 0 aromatic heterocycles. The molecule has 1 aliphatic heterocycles. The zero-order valence-corrected chi connectivity index (χ0v) is 8.71. The standard InChI is InChI=1S/C10H21NO/c1-8(2)11-6-5-9(3)10(7-11)12-4/h8-10H,5-7H2,1-4H3. The molecule has 0 aromatic carbocycles. The second kappa shape index (κ2) is 4.24. The molecule has 0 N–H and O–H groups in total. The molecule has 1 heterocycles. The van der Waals surface area contributed by atoms with E-state index in [4.69, 9.17) is 4.74 Å². The highest BCUT2D eigenvalue weighted by molar-refractivity contribution is 4.79. The third-order valence-electron chi connectivity index (χ3n) is 2.95. The summed E-state index contributed by atoms with van der Waals surface area (Å²) < 4.78 is 5.44. The Morgan fingerprint density at radius 3 is 2.58 bits per heavy atom. The molecule has 2 unspecified atom stereocenters. The van der Waals surface area contributed by atoms with E-state index >= 15 is 0 Å². The molecule has 0 amide bonds. The van der Waals surface area contributed by atoms with Crippen LogP contribution >= 0.6 is 0 Å². The van der Waals surface area contributed by atoms with Gasteiger partial charge in [-0.15, -0.1) is 0 Å². The van der Waals surface area contributed by atoms with Crippen LogP contribution in [0.15, 0.2) is 0 Å². The first-order valence-corrected chi connectivity index (χ1v) is 4.92. The second-order valence-electron chi connectivity index (χ2n) is 4.13. The summed E-state index contributed by atoms with van der Waals surface area (Å²) in [5.41, 5.74) is 0. The lowest BCUT2D eigenvalue weighted by Crippen LogP contribution is -2.46. The fourth-order valence-corrected chi connectivity index (χ4v) is 1.83. The number of hydrogen-bond acceptors (Lipinski definition) is 2. The summed E-state index contributed by atoms with van der Waals surface area (Å²) in [4.78, 5) is 2.49. The van der Waals surface area contributed by atoms with E-state index in [0.717, 1.165) is 12.5 Å². The third-order valence-corrected chi connectivity index (χ3v) is 2.95. The lowest BCUT2D eigenvalue weighted by Gasteiger charge is -2.38. The van der Waals surface area contributed by atoms with Crippen LogP contribution in [0.3, 0.4) is 0 Å². The van der Waals surface area contributed by atoms with Crippen LogP contribution in [0.2, 0.25) is 0 Å². The van der Waals surface area contributed by atoms with Gasteiger partial charge in [0.25, 0.3) is 0 Å². The van der Waals surface area contributed by atoms with Crippen molar-refractivity contribution in [3.63, 3.8) is 0 Å². The summed E-state index contributed by atoms with van der Waals surface area (Å²) in [5.74, 6) is 0.727. The van der Waals surface area contributed by atoms with Gasteiger partial charge in [-0.25, -0.2) is 0 Å². The molecule has 2 nitrogen and oxygen atoms in total. The minimum absolute atomic E-state index is 0.446. The minimum Gasteiger partial charge on any atom is -0.380 e. The summed E-state index contributed by atoms with van der Waals surface area (Å²) in [5, 5.41) is 0. The van der Waals surface area contributed by atoms with E-state index < -0.39 is 0 Å². The van der Waals surface area contributed by atoms with Gasteiger partial charge in [-0.05, 0) is 32.7 Å². The van der Waals surface area contributed by atoms with E-state index in [-0.39, 0.29) is 0 Å². The van der Waals surface area contributed by atoms with Crippen LogP contribution in [0.1, 0.15) is 27.2 Å². The van der Waals surface area contributed by atoms with Crippen LogP contribution in [0.5, 0.6) is 0 Å². The first-order chi connectivity index (χ1) is 5.65. The average Bonchev–Trinajstić information content (AvgIpc) is 2.05. The molecular formula is C10H21NO. The Morgan fingerprint density at radius 2 is 2.08 bits per heavy atom. The van der Waals surface area contributed by atoms with E-state index in [9.17, 15) is 0 Å². The molecule has 1 aliphatic rings. The Labute approximate surface area is 75.9 Å². The largest absolute Gasteiger partial charge is 0.380 e. The van der Waals surface area contributed by atoms with E-state index in [1.54, 1.807) is 0 Å². The molecule has 0 aliphatic carbocycles. The maximum absolute atomic E-state index is 5.44. The van der Waals surface area contributed by atoms with Gasteiger partial charge in [0, 0.05) is 19.7 Å². The molecule has 1 fully saturated rings. The Balaban J connectivity index is 2.44. The predicted octanol–water partition coefficient (Wildman–Crippen LogP) is 1.75. The fourth-order valence-electron chi connectivity index (χ4n) is 1.83. The van der Waals surface area contributed by atoms with Crippen LogP contribution in [-0.4, -0.2) is 37.2 Å². The average molecular weight is 171 g/mol. The quantitative estimate of drug-likeness (QED) is 0.627. The maximum Gasteiger partial charge on any atom is 0.0724 e. The molecule has 0 bridgehead atoms. The Hall–Kier alpha value is -0.0800. The van der Waals surface area contributed by atoms with E-state index in [1.807, 2.05) is 7.11 Å². The molecule has 1 saturated heterocycles. The van der Waals surface area contributed by atoms with Gasteiger partial charge in [-0.3, -0.25) is 4.90 Å². The molecule has 2 atom stereocenters. The molecule has 1 rings (SSSR count). The van der Waals surface area contributed by atoms with Gasteiger partial charge in [-0.2, -0.15) is 0 Å². The summed E-state index contributed by atoms with van der Waals surface area (Å²) in [6.07, 6.45) is 1.72. The van der Waals surface area contributed by atoms with Crippen LogP contribution in [-0.2, 0) is 4.74 Å². The predicted molar refractivity (Wildman–Crippen MR) is 51.3 cm³/mol. The molecule has 0 spiro atoms. The van der Waals surface area contributed by atoms with Crippen molar-refractivity contribution in [3.8, 4) is 0 Å². The minimum atomic E-state index is 0.446. The van der Waals surface area contributed by atoms with Crippen molar-refractivity contribution in [2.24, 2.45) is 5.92 Å². The number of hydrogen-bond donors (Lipinski definition) is 0. The lowest BCUT2D eigenvalue weighted by molar-refractivity contribution is -0.0143. The van der Waals surface area contributed by atoms with E-state index in [2.05, 4.69) is 25.7 Å². The third kappa shape index (κ3) is 2.20. The van der Waals surface area contributed by atoms with Crippen molar-refractivity contribution in [3.05, 3.63) is 0 Å². The van der Waals surface area contributed by atoms with Gasteiger partial charge in [0.15, 0.2) is 0 Å². The second-order valence-corrected chi connectivity index (χ2v) is 4.13. The highest BCUT2D eigenvalue weighted by Gasteiger charge is 2.26.